The molecular weight excluding hydrogens is 280 g/mol. The van der Waals surface area contributed by atoms with Gasteiger partial charge in [0.1, 0.15) is 11.9 Å². The molecule has 2 heterocycles. The van der Waals surface area contributed by atoms with Crippen LogP contribution in [0.3, 0.4) is 0 Å². The number of rotatable bonds is 5. The molecule has 1 atom stereocenters. The van der Waals surface area contributed by atoms with Crippen molar-refractivity contribution >= 4 is 10.0 Å². The smallest absolute Gasteiger partial charge is 0.217 e. The zero-order valence-corrected chi connectivity index (χ0v) is 12.1. The van der Waals surface area contributed by atoms with E-state index in [9.17, 15) is 13.5 Å². The van der Waals surface area contributed by atoms with Gasteiger partial charge >= 0.3 is 0 Å². The topological polar surface area (TPSA) is 74.0 Å². The molecule has 1 saturated heterocycles. The first-order valence-electron chi connectivity index (χ1n) is 7.00. The van der Waals surface area contributed by atoms with E-state index < -0.39 is 16.1 Å². The number of sulfonamides is 1. The highest BCUT2D eigenvalue weighted by atomic mass is 32.2. The Labute approximate surface area is 119 Å². The highest BCUT2D eigenvalue weighted by molar-refractivity contribution is 7.90. The van der Waals surface area contributed by atoms with Gasteiger partial charge in [0.2, 0.25) is 10.0 Å². The van der Waals surface area contributed by atoms with Crippen LogP contribution in [0.15, 0.2) is 22.8 Å². The van der Waals surface area contributed by atoms with Gasteiger partial charge in [0, 0.05) is 32.7 Å². The maximum Gasteiger partial charge on any atom is 0.217 e. The summed E-state index contributed by atoms with van der Waals surface area (Å²) in [4.78, 5) is 2.08. The minimum atomic E-state index is -3.06. The number of nitrogens with zero attached hydrogens (tertiary/aromatic N) is 2. The van der Waals surface area contributed by atoms with Crippen molar-refractivity contribution in [1.82, 2.24) is 9.21 Å². The second-order valence-electron chi connectivity index (χ2n) is 5.48. The third-order valence-electron chi connectivity index (χ3n) is 3.94. The molecule has 7 heteroatoms. The van der Waals surface area contributed by atoms with Crippen molar-refractivity contribution in [2.24, 2.45) is 0 Å². The SMILES string of the molecule is O=S(=O)(C1CC1)N1CCN(C[C@@H](O)c2ccco2)CC1. The number of aliphatic hydroxyl groups is 1. The second-order valence-corrected chi connectivity index (χ2v) is 7.69. The van der Waals surface area contributed by atoms with Crippen LogP contribution in [0.2, 0.25) is 0 Å². The van der Waals surface area contributed by atoms with E-state index in [4.69, 9.17) is 4.42 Å². The first-order chi connectivity index (χ1) is 9.57. The number of aliphatic hydroxyl groups excluding tert-OH is 1. The molecule has 0 spiro atoms. The molecule has 0 radical (unpaired) electrons. The largest absolute Gasteiger partial charge is 0.467 e. The Balaban J connectivity index is 1.51. The molecule has 2 fully saturated rings. The summed E-state index contributed by atoms with van der Waals surface area (Å²) in [7, 11) is -3.06. The lowest BCUT2D eigenvalue weighted by atomic mass is 10.2. The van der Waals surface area contributed by atoms with Gasteiger partial charge in [-0.2, -0.15) is 4.31 Å². The summed E-state index contributed by atoms with van der Waals surface area (Å²) in [5.41, 5.74) is 0. The van der Waals surface area contributed by atoms with Gasteiger partial charge in [-0.3, -0.25) is 4.90 Å². The molecule has 0 amide bonds. The number of β-amino-alcohol motifs (C(OH)–C–C–N with tert-alkyl or cyclic N) is 1. The summed E-state index contributed by atoms with van der Waals surface area (Å²) in [6.45, 7) is 2.83. The number of piperazine rings is 1. The molecule has 6 nitrogen and oxygen atoms in total. The van der Waals surface area contributed by atoms with E-state index in [0.29, 0.717) is 38.5 Å². The van der Waals surface area contributed by atoms with Crippen LogP contribution in [0.1, 0.15) is 24.7 Å². The maximum absolute atomic E-state index is 12.1. The van der Waals surface area contributed by atoms with E-state index in [-0.39, 0.29) is 5.25 Å². The first-order valence-corrected chi connectivity index (χ1v) is 8.50. The van der Waals surface area contributed by atoms with Gasteiger partial charge in [0.15, 0.2) is 0 Å². The summed E-state index contributed by atoms with van der Waals surface area (Å²) >= 11 is 0. The molecule has 3 rings (SSSR count). The van der Waals surface area contributed by atoms with E-state index in [2.05, 4.69) is 4.90 Å². The predicted octanol–water partition coefficient (Wildman–Crippen LogP) is 0.423. The second kappa shape index (κ2) is 5.48. The van der Waals surface area contributed by atoms with E-state index in [0.717, 1.165) is 12.8 Å². The molecular formula is C13H20N2O4S. The van der Waals surface area contributed by atoms with Crippen LogP contribution in [0.4, 0.5) is 0 Å². The van der Waals surface area contributed by atoms with Crippen molar-refractivity contribution in [3.63, 3.8) is 0 Å². The Morgan fingerprint density at radius 2 is 2.00 bits per heavy atom. The van der Waals surface area contributed by atoms with Gasteiger partial charge in [-0.05, 0) is 25.0 Å². The van der Waals surface area contributed by atoms with Crippen LogP contribution in [0.5, 0.6) is 0 Å². The monoisotopic (exact) mass is 300 g/mol. The summed E-state index contributed by atoms with van der Waals surface area (Å²) in [5, 5.41) is 9.88. The average molecular weight is 300 g/mol. The third kappa shape index (κ3) is 2.90. The third-order valence-corrected chi connectivity index (χ3v) is 6.34. The molecule has 0 unspecified atom stereocenters. The Bertz CT molecular complexity index is 531. The molecule has 0 aromatic carbocycles. The fourth-order valence-electron chi connectivity index (χ4n) is 2.56. The lowest BCUT2D eigenvalue weighted by Crippen LogP contribution is -2.50. The number of furan rings is 1. The van der Waals surface area contributed by atoms with Gasteiger partial charge in [0.05, 0.1) is 11.5 Å². The Kier molecular flexibility index (Phi) is 3.85. The van der Waals surface area contributed by atoms with Crippen LogP contribution in [0.25, 0.3) is 0 Å². The standard InChI is InChI=1S/C13H20N2O4S/c16-12(13-2-1-9-19-13)10-14-5-7-15(8-6-14)20(17,18)11-3-4-11/h1-2,9,11-12,16H,3-8,10H2/t12-/m1/s1. The van der Waals surface area contributed by atoms with Crippen LogP contribution in [-0.2, 0) is 10.0 Å². The molecule has 0 bridgehead atoms. The van der Waals surface area contributed by atoms with Gasteiger partial charge in [-0.25, -0.2) is 8.42 Å². The van der Waals surface area contributed by atoms with Crippen molar-refractivity contribution in [1.29, 1.82) is 0 Å². The molecule has 1 saturated carbocycles. The lowest BCUT2D eigenvalue weighted by molar-refractivity contribution is 0.0776. The molecule has 112 valence electrons. The molecule has 1 aliphatic heterocycles. The Morgan fingerprint density at radius 3 is 2.55 bits per heavy atom. The molecule has 1 aliphatic carbocycles. The first kappa shape index (κ1) is 14.1. The van der Waals surface area contributed by atoms with Gasteiger partial charge < -0.3 is 9.52 Å². The van der Waals surface area contributed by atoms with Gasteiger partial charge in [-0.1, -0.05) is 0 Å². The Morgan fingerprint density at radius 1 is 1.30 bits per heavy atom. The summed E-state index contributed by atoms with van der Waals surface area (Å²) in [6.07, 6.45) is 2.50. The zero-order valence-electron chi connectivity index (χ0n) is 11.3. The lowest BCUT2D eigenvalue weighted by Gasteiger charge is -2.34. The maximum atomic E-state index is 12.1. The van der Waals surface area contributed by atoms with Crippen LogP contribution in [-0.4, -0.2) is 60.7 Å². The van der Waals surface area contributed by atoms with Gasteiger partial charge in [0.25, 0.3) is 0 Å². The summed E-state index contributed by atoms with van der Waals surface area (Å²) in [5.74, 6) is 0.554. The highest BCUT2D eigenvalue weighted by Gasteiger charge is 2.41. The van der Waals surface area contributed by atoms with E-state index in [1.165, 1.54) is 0 Å². The Hall–Kier alpha value is -0.890. The van der Waals surface area contributed by atoms with E-state index in [1.54, 1.807) is 22.7 Å². The van der Waals surface area contributed by atoms with Crippen molar-refractivity contribution in [3.8, 4) is 0 Å². The van der Waals surface area contributed by atoms with E-state index >= 15 is 0 Å². The summed E-state index contributed by atoms with van der Waals surface area (Å²) in [6, 6.07) is 3.50. The predicted molar refractivity (Wildman–Crippen MR) is 73.6 cm³/mol. The van der Waals surface area contributed by atoms with E-state index in [1.807, 2.05) is 0 Å². The zero-order chi connectivity index (χ0) is 14.2. The van der Waals surface area contributed by atoms with Crippen molar-refractivity contribution in [3.05, 3.63) is 24.2 Å². The molecule has 2 aliphatic rings. The van der Waals surface area contributed by atoms with Crippen molar-refractivity contribution in [2.45, 2.75) is 24.2 Å². The fourth-order valence-corrected chi connectivity index (χ4v) is 4.38. The van der Waals surface area contributed by atoms with Crippen LogP contribution >= 0.6 is 0 Å². The number of hydrogen-bond acceptors (Lipinski definition) is 5. The fraction of sp³-hybridized carbons (Fsp3) is 0.692. The van der Waals surface area contributed by atoms with Crippen LogP contribution in [0, 0.1) is 0 Å². The molecule has 1 aromatic heterocycles. The number of hydrogen-bond donors (Lipinski definition) is 1. The quantitative estimate of drug-likeness (QED) is 0.853. The normalized spacial score (nSPS) is 23.9. The molecule has 1 aromatic rings. The average Bonchev–Trinajstić information content (AvgIpc) is 3.16. The van der Waals surface area contributed by atoms with Crippen LogP contribution < -0.4 is 0 Å². The summed E-state index contributed by atoms with van der Waals surface area (Å²) < 4.78 is 31.0. The minimum absolute atomic E-state index is 0.136. The van der Waals surface area contributed by atoms with Crippen molar-refractivity contribution < 1.29 is 17.9 Å². The van der Waals surface area contributed by atoms with Crippen molar-refractivity contribution in [2.75, 3.05) is 32.7 Å². The van der Waals surface area contributed by atoms with Gasteiger partial charge in [-0.15, -0.1) is 0 Å². The molecule has 20 heavy (non-hydrogen) atoms. The molecule has 1 N–H and O–H groups in total. The minimum Gasteiger partial charge on any atom is -0.467 e. The highest BCUT2D eigenvalue weighted by Crippen LogP contribution is 2.31.